The van der Waals surface area contributed by atoms with Crippen LogP contribution < -0.4 is 10.1 Å². The summed E-state index contributed by atoms with van der Waals surface area (Å²) in [4.78, 5) is 37.4. The third kappa shape index (κ3) is 4.64. The number of ether oxygens (including phenoxy) is 1. The number of carbonyl (C=O) groups is 3. The molecule has 0 aromatic heterocycles. The van der Waals surface area contributed by atoms with Crippen molar-refractivity contribution >= 4 is 17.8 Å². The number of carboxylic acids is 1. The van der Waals surface area contributed by atoms with Gasteiger partial charge in [0, 0.05) is 23.7 Å². The number of rotatable bonds is 6. The van der Waals surface area contributed by atoms with Crippen molar-refractivity contribution < 1.29 is 24.2 Å². The Balaban J connectivity index is 1.47. The molecule has 1 aromatic carbocycles. The Bertz CT molecular complexity index is 717. The average molecular weight is 388 g/mol. The number of piperidine rings is 1. The molecule has 1 aromatic rings. The first kappa shape index (κ1) is 20.2. The van der Waals surface area contributed by atoms with Crippen molar-refractivity contribution in [3.63, 3.8) is 0 Å². The lowest BCUT2D eigenvalue weighted by molar-refractivity contribution is -0.145. The van der Waals surface area contributed by atoms with Gasteiger partial charge in [0.15, 0.2) is 6.61 Å². The number of amides is 2. The summed E-state index contributed by atoms with van der Waals surface area (Å²) in [6.45, 7) is 4.13. The van der Waals surface area contributed by atoms with Crippen LogP contribution in [0.5, 0.6) is 5.75 Å². The maximum atomic E-state index is 12.5. The maximum Gasteiger partial charge on any atom is 0.306 e. The molecule has 2 N–H and O–H groups in total. The van der Waals surface area contributed by atoms with Crippen LogP contribution in [-0.2, 0) is 9.59 Å². The van der Waals surface area contributed by atoms with E-state index >= 15 is 0 Å². The standard InChI is InChI=1S/C21H28N2O5/c1-13-4-3-5-14(2)23(13)19(24)12-28-18-8-6-15(7-9-18)20(25)22-17-10-16(11-17)21(26)27/h6-9,13-14,16-17H,3-5,10-12H2,1-2H3,(H,22,25)(H,26,27). The molecule has 2 amide bonds. The van der Waals surface area contributed by atoms with Gasteiger partial charge in [-0.25, -0.2) is 0 Å². The molecule has 0 bridgehead atoms. The van der Waals surface area contributed by atoms with Gasteiger partial charge in [-0.15, -0.1) is 0 Å². The summed E-state index contributed by atoms with van der Waals surface area (Å²) in [5.74, 6) is -0.873. The van der Waals surface area contributed by atoms with Crippen LogP contribution in [0.2, 0.25) is 0 Å². The van der Waals surface area contributed by atoms with E-state index in [-0.39, 0.29) is 42.5 Å². The lowest BCUT2D eigenvalue weighted by Gasteiger charge is -2.38. The van der Waals surface area contributed by atoms with Gasteiger partial charge in [-0.3, -0.25) is 14.4 Å². The molecule has 2 fully saturated rings. The molecule has 0 radical (unpaired) electrons. The second kappa shape index (κ2) is 8.63. The Morgan fingerprint density at radius 3 is 2.29 bits per heavy atom. The molecule has 1 saturated heterocycles. The van der Waals surface area contributed by atoms with Gasteiger partial charge in [-0.2, -0.15) is 0 Å². The quantitative estimate of drug-likeness (QED) is 0.780. The summed E-state index contributed by atoms with van der Waals surface area (Å²) in [6, 6.07) is 7.02. The molecule has 1 heterocycles. The van der Waals surface area contributed by atoms with E-state index in [2.05, 4.69) is 19.2 Å². The minimum absolute atomic E-state index is 0.0144. The Kier molecular flexibility index (Phi) is 6.21. The highest BCUT2D eigenvalue weighted by atomic mass is 16.5. The molecule has 0 spiro atoms. The highest BCUT2D eigenvalue weighted by molar-refractivity contribution is 5.94. The number of likely N-dealkylation sites (tertiary alicyclic amines) is 1. The minimum Gasteiger partial charge on any atom is -0.484 e. The number of hydrogen-bond donors (Lipinski definition) is 2. The average Bonchev–Trinajstić information content (AvgIpc) is 2.62. The molecule has 28 heavy (non-hydrogen) atoms. The monoisotopic (exact) mass is 388 g/mol. The van der Waals surface area contributed by atoms with Gasteiger partial charge in [0.05, 0.1) is 5.92 Å². The van der Waals surface area contributed by atoms with E-state index in [0.29, 0.717) is 24.2 Å². The first-order chi connectivity index (χ1) is 13.3. The molecular formula is C21H28N2O5. The predicted molar refractivity (Wildman–Crippen MR) is 103 cm³/mol. The van der Waals surface area contributed by atoms with Gasteiger partial charge in [-0.05, 0) is 70.2 Å². The van der Waals surface area contributed by atoms with Crippen LogP contribution in [0.4, 0.5) is 0 Å². The van der Waals surface area contributed by atoms with E-state index in [9.17, 15) is 14.4 Å². The Morgan fingerprint density at radius 1 is 1.11 bits per heavy atom. The molecule has 1 aliphatic carbocycles. The van der Waals surface area contributed by atoms with Crippen LogP contribution in [0, 0.1) is 5.92 Å². The van der Waals surface area contributed by atoms with Crippen molar-refractivity contribution in [1.29, 1.82) is 0 Å². The summed E-state index contributed by atoms with van der Waals surface area (Å²) in [5.41, 5.74) is 0.482. The highest BCUT2D eigenvalue weighted by Gasteiger charge is 2.35. The number of hydrogen-bond acceptors (Lipinski definition) is 4. The largest absolute Gasteiger partial charge is 0.484 e. The predicted octanol–water partition coefficient (Wildman–Crippen LogP) is 2.45. The van der Waals surface area contributed by atoms with Gasteiger partial charge in [0.2, 0.25) is 0 Å². The van der Waals surface area contributed by atoms with E-state index in [0.717, 1.165) is 19.3 Å². The SMILES string of the molecule is CC1CCCC(C)N1C(=O)COc1ccc(C(=O)NC2CC(C(=O)O)C2)cc1. The fraction of sp³-hybridized carbons (Fsp3) is 0.571. The second-order valence-corrected chi connectivity index (χ2v) is 7.92. The van der Waals surface area contributed by atoms with Crippen molar-refractivity contribution in [3.8, 4) is 5.75 Å². The van der Waals surface area contributed by atoms with Crippen molar-refractivity contribution in [2.75, 3.05) is 6.61 Å². The maximum absolute atomic E-state index is 12.5. The summed E-state index contributed by atoms with van der Waals surface area (Å²) >= 11 is 0. The number of aliphatic carboxylic acids is 1. The van der Waals surface area contributed by atoms with Crippen LogP contribution >= 0.6 is 0 Å². The van der Waals surface area contributed by atoms with Crippen molar-refractivity contribution in [2.24, 2.45) is 5.92 Å². The molecule has 2 unspecified atom stereocenters. The molecule has 2 aliphatic rings. The first-order valence-corrected chi connectivity index (χ1v) is 9.93. The van der Waals surface area contributed by atoms with E-state index in [1.807, 2.05) is 4.90 Å². The van der Waals surface area contributed by atoms with Gasteiger partial charge in [0.1, 0.15) is 5.75 Å². The third-order valence-electron chi connectivity index (χ3n) is 5.78. The molecule has 152 valence electrons. The van der Waals surface area contributed by atoms with E-state index in [4.69, 9.17) is 9.84 Å². The summed E-state index contributed by atoms with van der Waals surface area (Å²) in [6.07, 6.45) is 4.13. The fourth-order valence-corrected chi connectivity index (χ4v) is 4.04. The number of nitrogens with zero attached hydrogens (tertiary/aromatic N) is 1. The van der Waals surface area contributed by atoms with Gasteiger partial charge < -0.3 is 20.1 Å². The molecule has 3 rings (SSSR count). The van der Waals surface area contributed by atoms with Crippen molar-refractivity contribution in [3.05, 3.63) is 29.8 Å². The zero-order valence-corrected chi connectivity index (χ0v) is 16.4. The highest BCUT2D eigenvalue weighted by Crippen LogP contribution is 2.28. The van der Waals surface area contributed by atoms with E-state index in [1.54, 1.807) is 24.3 Å². The molecule has 1 aliphatic heterocycles. The van der Waals surface area contributed by atoms with Gasteiger partial charge in [-0.1, -0.05) is 0 Å². The Hall–Kier alpha value is -2.57. The fourth-order valence-electron chi connectivity index (χ4n) is 4.04. The lowest BCUT2D eigenvalue weighted by Crippen LogP contribution is -2.49. The first-order valence-electron chi connectivity index (χ1n) is 9.93. The minimum atomic E-state index is -0.810. The smallest absolute Gasteiger partial charge is 0.306 e. The van der Waals surface area contributed by atoms with Crippen LogP contribution in [0.25, 0.3) is 0 Å². The van der Waals surface area contributed by atoms with E-state index < -0.39 is 5.97 Å². The van der Waals surface area contributed by atoms with Crippen molar-refractivity contribution in [2.45, 2.75) is 64.1 Å². The van der Waals surface area contributed by atoms with E-state index in [1.165, 1.54) is 0 Å². The van der Waals surface area contributed by atoms with Crippen LogP contribution in [0.15, 0.2) is 24.3 Å². The number of carboxylic acid groups (broad SMARTS) is 1. The van der Waals surface area contributed by atoms with Crippen LogP contribution in [0.1, 0.15) is 56.3 Å². The molecular weight excluding hydrogens is 360 g/mol. The van der Waals surface area contributed by atoms with Crippen LogP contribution in [0.3, 0.4) is 0 Å². The molecule has 1 saturated carbocycles. The third-order valence-corrected chi connectivity index (χ3v) is 5.78. The van der Waals surface area contributed by atoms with Gasteiger partial charge in [0.25, 0.3) is 11.8 Å². The molecule has 7 heteroatoms. The lowest BCUT2D eigenvalue weighted by atomic mass is 9.80. The second-order valence-electron chi connectivity index (χ2n) is 7.92. The summed E-state index contributed by atoms with van der Waals surface area (Å²) in [5, 5.41) is 11.7. The Labute approximate surface area is 165 Å². The van der Waals surface area contributed by atoms with Crippen molar-refractivity contribution in [1.82, 2.24) is 10.2 Å². The normalized spacial score (nSPS) is 26.9. The molecule has 7 nitrogen and oxygen atoms in total. The molecule has 2 atom stereocenters. The Morgan fingerprint density at radius 2 is 1.71 bits per heavy atom. The van der Waals surface area contributed by atoms with Gasteiger partial charge >= 0.3 is 5.97 Å². The number of nitrogens with one attached hydrogen (secondary N) is 1. The number of benzene rings is 1. The number of carbonyl (C=O) groups excluding carboxylic acids is 2. The zero-order chi connectivity index (χ0) is 20.3. The summed E-state index contributed by atoms with van der Waals surface area (Å²) < 4.78 is 5.62. The zero-order valence-electron chi connectivity index (χ0n) is 16.4. The van der Waals surface area contributed by atoms with Crippen LogP contribution in [-0.4, -0.2) is 52.5 Å². The topological polar surface area (TPSA) is 95.9 Å². The summed E-state index contributed by atoms with van der Waals surface area (Å²) in [7, 11) is 0.